The number of aromatic nitrogens is 1. The lowest BCUT2D eigenvalue weighted by Crippen LogP contribution is -2.23. The average molecular weight is 504 g/mol. The number of hydrogen-bond acceptors (Lipinski definition) is 5. The number of aryl methyl sites for hydroxylation is 1. The van der Waals surface area contributed by atoms with E-state index in [9.17, 15) is 8.42 Å². The van der Waals surface area contributed by atoms with E-state index in [2.05, 4.69) is 67.2 Å². The van der Waals surface area contributed by atoms with Gasteiger partial charge >= 0.3 is 0 Å². The maximum absolute atomic E-state index is 11.8. The molecule has 0 N–H and O–H groups in total. The molecule has 1 saturated heterocycles. The number of rotatable bonds is 9. The van der Waals surface area contributed by atoms with Gasteiger partial charge in [-0.3, -0.25) is 9.98 Å². The molecule has 2 aromatic rings. The molecule has 0 saturated carbocycles. The lowest BCUT2D eigenvalue weighted by Gasteiger charge is -2.21. The number of nitrogens with zero attached hydrogens (tertiary/aromatic N) is 3. The van der Waals surface area contributed by atoms with Crippen molar-refractivity contribution in [1.29, 1.82) is 0 Å². The zero-order valence-electron chi connectivity index (χ0n) is 21.7. The van der Waals surface area contributed by atoms with Crippen molar-refractivity contribution in [2.75, 3.05) is 25.6 Å². The summed E-state index contributed by atoms with van der Waals surface area (Å²) in [5.41, 5.74) is 7.57. The van der Waals surface area contributed by atoms with E-state index in [1.165, 1.54) is 0 Å². The molecule has 1 aromatic carbocycles. The molecule has 0 bridgehead atoms. The van der Waals surface area contributed by atoms with Gasteiger partial charge in [0.15, 0.2) is 0 Å². The molecule has 1 atom stereocenters. The van der Waals surface area contributed by atoms with Gasteiger partial charge in [0.05, 0.1) is 23.2 Å². The fourth-order valence-corrected chi connectivity index (χ4v) is 6.57. The molecule has 190 valence electrons. The predicted octanol–water partition coefficient (Wildman–Crippen LogP) is 5.84. The molecule has 1 aromatic heterocycles. The van der Waals surface area contributed by atoms with Crippen molar-refractivity contribution in [2.24, 2.45) is 10.9 Å². The van der Waals surface area contributed by atoms with Crippen LogP contribution in [0.2, 0.25) is 0 Å². The molecule has 36 heavy (non-hydrogen) atoms. The zero-order chi connectivity index (χ0) is 25.7. The van der Waals surface area contributed by atoms with Crippen LogP contribution in [-0.4, -0.2) is 56.2 Å². The van der Waals surface area contributed by atoms with E-state index in [1.54, 1.807) is 0 Å². The van der Waals surface area contributed by atoms with E-state index < -0.39 is 9.84 Å². The van der Waals surface area contributed by atoms with Crippen molar-refractivity contribution >= 4 is 27.2 Å². The maximum Gasteiger partial charge on any atom is 0.150 e. The highest BCUT2D eigenvalue weighted by atomic mass is 32.2. The van der Waals surface area contributed by atoms with Crippen molar-refractivity contribution in [3.63, 3.8) is 0 Å². The molecule has 0 aliphatic carbocycles. The Morgan fingerprint density at radius 1 is 1.17 bits per heavy atom. The molecule has 2 aliphatic heterocycles. The first-order valence-electron chi connectivity index (χ1n) is 12.8. The first-order chi connectivity index (χ1) is 17.2. The molecule has 1 unspecified atom stereocenters. The second-order valence-electron chi connectivity index (χ2n) is 10.2. The average Bonchev–Trinajstić information content (AvgIpc) is 3.29. The highest BCUT2D eigenvalue weighted by molar-refractivity contribution is 7.91. The Hall–Kier alpha value is -2.99. The standard InChI is InChI=1S/C30H37N3O2S/c1-5-24(21-33(3)4)25-9-7-10-26(19-25)29-13-12-28(27-18-22(2)31-20-27)30(32-29)11-6-8-23-14-16-36(34,35)17-15-23/h5,7,9-10,12-13,18-23H,1,6,8,11,14-17H2,2-4H3/b24-21+. The third-order valence-electron chi connectivity index (χ3n) is 6.96. The van der Waals surface area contributed by atoms with E-state index in [4.69, 9.17) is 4.98 Å². The third-order valence-corrected chi connectivity index (χ3v) is 8.68. The fraction of sp³-hybridized carbons (Fsp3) is 0.400. The van der Waals surface area contributed by atoms with Crippen LogP contribution in [0.15, 0.2) is 66.3 Å². The van der Waals surface area contributed by atoms with Gasteiger partial charge in [0.1, 0.15) is 9.84 Å². The normalized spacial score (nSPS) is 19.8. The summed E-state index contributed by atoms with van der Waals surface area (Å²) in [6.07, 6.45) is 12.6. The minimum Gasteiger partial charge on any atom is -0.383 e. The van der Waals surface area contributed by atoms with Crippen molar-refractivity contribution in [3.8, 4) is 11.3 Å². The van der Waals surface area contributed by atoms with Crippen LogP contribution in [0.1, 0.15) is 49.4 Å². The summed E-state index contributed by atoms with van der Waals surface area (Å²) in [4.78, 5) is 11.7. The van der Waals surface area contributed by atoms with Gasteiger partial charge in [-0.2, -0.15) is 0 Å². The van der Waals surface area contributed by atoms with Gasteiger partial charge in [-0.25, -0.2) is 8.42 Å². The summed E-state index contributed by atoms with van der Waals surface area (Å²) >= 11 is 0. The lowest BCUT2D eigenvalue weighted by atomic mass is 9.93. The summed E-state index contributed by atoms with van der Waals surface area (Å²) in [5.74, 6) is 1.16. The smallest absolute Gasteiger partial charge is 0.150 e. The number of sulfone groups is 1. The topological polar surface area (TPSA) is 62.6 Å². The number of pyridine rings is 1. The minimum atomic E-state index is -2.82. The number of allylic oxidation sites excluding steroid dienone is 3. The summed E-state index contributed by atoms with van der Waals surface area (Å²) < 4.78 is 23.6. The van der Waals surface area contributed by atoms with Crippen LogP contribution in [-0.2, 0) is 16.3 Å². The molecular formula is C30H37N3O2S. The third kappa shape index (κ3) is 6.61. The molecule has 0 radical (unpaired) electrons. The number of hydrogen-bond donors (Lipinski definition) is 0. The van der Waals surface area contributed by atoms with Crippen LogP contribution in [0.25, 0.3) is 22.4 Å². The predicted molar refractivity (Wildman–Crippen MR) is 152 cm³/mol. The van der Waals surface area contributed by atoms with E-state index in [-0.39, 0.29) is 6.04 Å². The Labute approximate surface area is 216 Å². The Balaban J connectivity index is 1.59. The molecule has 1 fully saturated rings. The van der Waals surface area contributed by atoms with Crippen LogP contribution < -0.4 is 0 Å². The van der Waals surface area contributed by atoms with E-state index in [0.717, 1.165) is 71.3 Å². The van der Waals surface area contributed by atoms with E-state index in [0.29, 0.717) is 17.4 Å². The second kappa shape index (κ2) is 11.4. The van der Waals surface area contributed by atoms with Gasteiger partial charge in [0.2, 0.25) is 0 Å². The molecule has 6 heteroatoms. The summed E-state index contributed by atoms with van der Waals surface area (Å²) in [5, 5.41) is 0. The van der Waals surface area contributed by atoms with Crippen molar-refractivity contribution in [2.45, 2.75) is 45.1 Å². The quantitative estimate of drug-likeness (QED) is 0.403. The first kappa shape index (κ1) is 26.1. The van der Waals surface area contributed by atoms with Gasteiger partial charge in [-0.15, -0.1) is 0 Å². The van der Waals surface area contributed by atoms with Gasteiger partial charge in [-0.05, 0) is 67.4 Å². The minimum absolute atomic E-state index is 0.189. The largest absolute Gasteiger partial charge is 0.383 e. The molecule has 3 heterocycles. The Morgan fingerprint density at radius 3 is 2.61 bits per heavy atom. The van der Waals surface area contributed by atoms with Crippen LogP contribution >= 0.6 is 0 Å². The summed E-state index contributed by atoms with van der Waals surface area (Å²) in [7, 11) is 1.20. The van der Waals surface area contributed by atoms with Crippen molar-refractivity contribution in [3.05, 3.63) is 78.1 Å². The molecule has 0 amide bonds. The summed E-state index contributed by atoms with van der Waals surface area (Å²) in [6.45, 7) is 6.08. The van der Waals surface area contributed by atoms with Crippen LogP contribution in [0.5, 0.6) is 0 Å². The van der Waals surface area contributed by atoms with Crippen LogP contribution in [0, 0.1) is 5.92 Å². The van der Waals surface area contributed by atoms with Gasteiger partial charge in [0.25, 0.3) is 0 Å². The first-order valence-corrected chi connectivity index (χ1v) is 14.6. The highest BCUT2D eigenvalue weighted by Crippen LogP contribution is 2.30. The van der Waals surface area contributed by atoms with Crippen LogP contribution in [0.3, 0.4) is 0 Å². The van der Waals surface area contributed by atoms with Crippen molar-refractivity contribution in [1.82, 2.24) is 9.88 Å². The van der Waals surface area contributed by atoms with Crippen LogP contribution in [0.4, 0.5) is 0 Å². The van der Waals surface area contributed by atoms with Gasteiger partial charge in [-0.1, -0.05) is 49.4 Å². The Kier molecular flexibility index (Phi) is 8.24. The number of aliphatic imine (C=N–C) groups is 1. The fourth-order valence-electron chi connectivity index (χ4n) is 4.99. The van der Waals surface area contributed by atoms with Gasteiger partial charge < -0.3 is 4.90 Å². The van der Waals surface area contributed by atoms with E-state index in [1.807, 2.05) is 31.3 Å². The molecular weight excluding hydrogens is 466 g/mol. The monoisotopic (exact) mass is 503 g/mol. The van der Waals surface area contributed by atoms with Crippen molar-refractivity contribution < 1.29 is 8.42 Å². The maximum atomic E-state index is 11.8. The SMILES string of the molecule is C=C/C(=C\N(C)C)c1cccc(-c2ccc(C3=CC(C)N=C3)c(CCCC3CCS(=O)(=O)CC3)n2)c1. The van der Waals surface area contributed by atoms with E-state index >= 15 is 0 Å². The molecule has 2 aliphatic rings. The lowest BCUT2D eigenvalue weighted by molar-refractivity contribution is 0.423. The number of benzene rings is 1. The zero-order valence-corrected chi connectivity index (χ0v) is 22.5. The Bertz CT molecular complexity index is 1290. The molecule has 5 nitrogen and oxygen atoms in total. The molecule has 0 spiro atoms. The Morgan fingerprint density at radius 2 is 1.94 bits per heavy atom. The second-order valence-corrected chi connectivity index (χ2v) is 12.5. The van der Waals surface area contributed by atoms with Gasteiger partial charge in [0, 0.05) is 43.3 Å². The highest BCUT2D eigenvalue weighted by Gasteiger charge is 2.23. The summed E-state index contributed by atoms with van der Waals surface area (Å²) in [6, 6.07) is 12.9. The molecule has 4 rings (SSSR count).